The Kier molecular flexibility index (Phi) is 15.9. The maximum Gasteiger partial charge on any atom is 0.251 e. The van der Waals surface area contributed by atoms with Gasteiger partial charge in [-0.05, 0) is 38.0 Å². The van der Waals surface area contributed by atoms with E-state index < -0.39 is 0 Å². The van der Waals surface area contributed by atoms with Gasteiger partial charge in [-0.25, -0.2) is 4.99 Å². The van der Waals surface area contributed by atoms with E-state index in [0.717, 1.165) is 31.0 Å². The van der Waals surface area contributed by atoms with E-state index in [-0.39, 0.29) is 29.9 Å². The Bertz CT molecular complexity index is 538. The SMILES string of the molecule is CCNC(=O)c1ccc(CN=C(NCC)NCCCOCCOC)cc1.I. The lowest BCUT2D eigenvalue weighted by Crippen LogP contribution is -2.38. The lowest BCUT2D eigenvalue weighted by Gasteiger charge is -2.11. The molecule has 0 heterocycles. The minimum Gasteiger partial charge on any atom is -0.382 e. The van der Waals surface area contributed by atoms with E-state index in [4.69, 9.17) is 9.47 Å². The molecule has 0 fully saturated rings. The van der Waals surface area contributed by atoms with Crippen molar-refractivity contribution in [2.45, 2.75) is 26.8 Å². The van der Waals surface area contributed by atoms with Crippen molar-refractivity contribution in [1.82, 2.24) is 16.0 Å². The molecule has 1 aromatic rings. The molecule has 0 atom stereocenters. The first-order chi connectivity index (χ1) is 12.7. The Hall–Kier alpha value is -1.39. The zero-order chi connectivity index (χ0) is 19.0. The average molecular weight is 492 g/mol. The minimum absolute atomic E-state index is 0. The summed E-state index contributed by atoms with van der Waals surface area (Å²) < 4.78 is 10.4. The highest BCUT2D eigenvalue weighted by atomic mass is 127. The predicted octanol–water partition coefficient (Wildman–Crippen LogP) is 2.16. The highest BCUT2D eigenvalue weighted by Gasteiger charge is 2.03. The Morgan fingerprint density at radius 3 is 2.33 bits per heavy atom. The molecule has 0 spiro atoms. The summed E-state index contributed by atoms with van der Waals surface area (Å²) in [4.78, 5) is 16.3. The van der Waals surface area contributed by atoms with E-state index in [9.17, 15) is 4.79 Å². The molecule has 27 heavy (non-hydrogen) atoms. The van der Waals surface area contributed by atoms with Crippen LogP contribution in [0.15, 0.2) is 29.3 Å². The van der Waals surface area contributed by atoms with E-state index in [2.05, 4.69) is 20.9 Å². The second-order valence-electron chi connectivity index (χ2n) is 5.64. The second-order valence-corrected chi connectivity index (χ2v) is 5.64. The predicted molar refractivity (Wildman–Crippen MR) is 120 cm³/mol. The Labute approximate surface area is 179 Å². The zero-order valence-electron chi connectivity index (χ0n) is 16.5. The minimum atomic E-state index is -0.0507. The van der Waals surface area contributed by atoms with Gasteiger partial charge in [0.15, 0.2) is 5.96 Å². The molecule has 1 rings (SSSR count). The van der Waals surface area contributed by atoms with Crippen molar-refractivity contribution in [3.63, 3.8) is 0 Å². The van der Waals surface area contributed by atoms with Crippen molar-refractivity contribution in [1.29, 1.82) is 0 Å². The van der Waals surface area contributed by atoms with Crippen LogP contribution in [0.5, 0.6) is 0 Å². The number of halogens is 1. The van der Waals surface area contributed by atoms with Gasteiger partial charge in [0, 0.05) is 38.9 Å². The first kappa shape index (κ1) is 25.6. The molecular weight excluding hydrogens is 459 g/mol. The van der Waals surface area contributed by atoms with Crippen LogP contribution >= 0.6 is 24.0 Å². The standard InChI is InChI=1S/C19H32N4O3.HI/c1-4-20-18(24)17-9-7-16(8-10-17)15-23-19(21-5-2)22-11-6-12-26-14-13-25-3;/h7-10H,4-6,11-15H2,1-3H3,(H,20,24)(H2,21,22,23);1H. The maximum absolute atomic E-state index is 11.8. The molecule has 8 heteroatoms. The number of nitrogens with one attached hydrogen (secondary N) is 3. The van der Waals surface area contributed by atoms with Crippen LogP contribution in [0, 0.1) is 0 Å². The van der Waals surface area contributed by atoms with Gasteiger partial charge in [-0.1, -0.05) is 12.1 Å². The fourth-order valence-electron chi connectivity index (χ4n) is 2.16. The van der Waals surface area contributed by atoms with Crippen LogP contribution in [0.2, 0.25) is 0 Å². The van der Waals surface area contributed by atoms with Gasteiger partial charge in [-0.15, -0.1) is 24.0 Å². The molecule has 1 aromatic carbocycles. The van der Waals surface area contributed by atoms with E-state index in [1.54, 1.807) is 7.11 Å². The van der Waals surface area contributed by atoms with Crippen LogP contribution in [0.25, 0.3) is 0 Å². The topological polar surface area (TPSA) is 84.0 Å². The molecule has 0 saturated carbocycles. The molecule has 3 N–H and O–H groups in total. The molecule has 1 amide bonds. The van der Waals surface area contributed by atoms with Crippen LogP contribution < -0.4 is 16.0 Å². The lowest BCUT2D eigenvalue weighted by molar-refractivity contribution is 0.0698. The molecule has 0 radical (unpaired) electrons. The van der Waals surface area contributed by atoms with Gasteiger partial charge in [-0.2, -0.15) is 0 Å². The van der Waals surface area contributed by atoms with Crippen LogP contribution in [-0.2, 0) is 16.0 Å². The third-order valence-corrected chi connectivity index (χ3v) is 3.51. The zero-order valence-corrected chi connectivity index (χ0v) is 18.9. The summed E-state index contributed by atoms with van der Waals surface area (Å²) in [6, 6.07) is 7.52. The molecule has 154 valence electrons. The second kappa shape index (κ2) is 16.8. The number of hydrogen-bond acceptors (Lipinski definition) is 4. The molecule has 0 saturated heterocycles. The van der Waals surface area contributed by atoms with Crippen molar-refractivity contribution in [2.24, 2.45) is 4.99 Å². The third kappa shape index (κ3) is 11.8. The van der Waals surface area contributed by atoms with Gasteiger partial charge in [0.25, 0.3) is 5.91 Å². The van der Waals surface area contributed by atoms with Crippen LogP contribution in [0.1, 0.15) is 36.2 Å². The fraction of sp³-hybridized carbons (Fsp3) is 0.579. The number of methoxy groups -OCH3 is 1. The van der Waals surface area contributed by atoms with Gasteiger partial charge >= 0.3 is 0 Å². The number of amides is 1. The van der Waals surface area contributed by atoms with E-state index in [1.165, 1.54) is 0 Å². The number of carbonyl (C=O) groups is 1. The molecule has 0 unspecified atom stereocenters. The smallest absolute Gasteiger partial charge is 0.251 e. The number of ether oxygens (including phenoxy) is 2. The Balaban J connectivity index is 0.00000676. The molecule has 0 aliphatic rings. The summed E-state index contributed by atoms with van der Waals surface area (Å²) in [6.07, 6.45) is 0.898. The summed E-state index contributed by atoms with van der Waals surface area (Å²) in [6.45, 7) is 8.63. The fourth-order valence-corrected chi connectivity index (χ4v) is 2.16. The molecule has 0 aromatic heterocycles. The van der Waals surface area contributed by atoms with Gasteiger partial charge in [0.1, 0.15) is 0 Å². The number of aliphatic imine (C=N–C) groups is 1. The first-order valence-corrected chi connectivity index (χ1v) is 9.17. The highest BCUT2D eigenvalue weighted by Crippen LogP contribution is 2.05. The van der Waals surface area contributed by atoms with Crippen LogP contribution in [0.4, 0.5) is 0 Å². The third-order valence-electron chi connectivity index (χ3n) is 3.51. The Morgan fingerprint density at radius 2 is 1.70 bits per heavy atom. The number of nitrogens with zero attached hydrogens (tertiary/aromatic N) is 1. The Morgan fingerprint density at radius 1 is 1.00 bits per heavy atom. The number of hydrogen-bond donors (Lipinski definition) is 3. The summed E-state index contributed by atoms with van der Waals surface area (Å²) >= 11 is 0. The van der Waals surface area contributed by atoms with Gasteiger partial charge in [0.2, 0.25) is 0 Å². The van der Waals surface area contributed by atoms with Crippen molar-refractivity contribution in [3.8, 4) is 0 Å². The molecule has 0 aliphatic carbocycles. The maximum atomic E-state index is 11.8. The molecule has 0 aliphatic heterocycles. The van der Waals surface area contributed by atoms with E-state index >= 15 is 0 Å². The quantitative estimate of drug-likeness (QED) is 0.180. The van der Waals surface area contributed by atoms with Crippen molar-refractivity contribution in [2.75, 3.05) is 46.6 Å². The summed E-state index contributed by atoms with van der Waals surface area (Å²) in [7, 11) is 1.66. The van der Waals surface area contributed by atoms with E-state index in [0.29, 0.717) is 38.5 Å². The average Bonchev–Trinajstić information content (AvgIpc) is 2.66. The van der Waals surface area contributed by atoms with E-state index in [1.807, 2.05) is 38.1 Å². The van der Waals surface area contributed by atoms with Gasteiger partial charge in [0.05, 0.1) is 19.8 Å². The highest BCUT2D eigenvalue weighted by molar-refractivity contribution is 14.0. The summed E-state index contributed by atoms with van der Waals surface area (Å²) in [5.41, 5.74) is 1.72. The van der Waals surface area contributed by atoms with Gasteiger partial charge < -0.3 is 25.4 Å². The van der Waals surface area contributed by atoms with Crippen molar-refractivity contribution < 1.29 is 14.3 Å². The molecule has 0 bridgehead atoms. The number of carbonyl (C=O) groups excluding carboxylic acids is 1. The number of guanidine groups is 1. The van der Waals surface area contributed by atoms with Crippen LogP contribution in [0.3, 0.4) is 0 Å². The van der Waals surface area contributed by atoms with Crippen molar-refractivity contribution >= 4 is 35.8 Å². The normalized spacial score (nSPS) is 10.9. The molecule has 7 nitrogen and oxygen atoms in total. The largest absolute Gasteiger partial charge is 0.382 e. The molecular formula is C19H33IN4O3. The summed E-state index contributed by atoms with van der Waals surface area (Å²) in [5.74, 6) is 0.725. The monoisotopic (exact) mass is 492 g/mol. The first-order valence-electron chi connectivity index (χ1n) is 9.17. The summed E-state index contributed by atoms with van der Waals surface area (Å²) in [5, 5.41) is 9.31. The van der Waals surface area contributed by atoms with Crippen LogP contribution in [-0.4, -0.2) is 58.4 Å². The van der Waals surface area contributed by atoms with Crippen molar-refractivity contribution in [3.05, 3.63) is 35.4 Å². The van der Waals surface area contributed by atoms with Gasteiger partial charge in [-0.3, -0.25) is 4.79 Å². The number of benzene rings is 1. The number of rotatable bonds is 12. The lowest BCUT2D eigenvalue weighted by atomic mass is 10.1.